The van der Waals surface area contributed by atoms with E-state index in [9.17, 15) is 20.0 Å². The molecule has 0 radical (unpaired) electrons. The molecule has 0 saturated heterocycles. The van der Waals surface area contributed by atoms with E-state index in [0.717, 1.165) is 10.1 Å². The van der Waals surface area contributed by atoms with E-state index in [-0.39, 0.29) is 27.5 Å². The molecule has 0 saturated carbocycles. The Balaban J connectivity index is 1.74. The number of nitrogens with one attached hydrogen (secondary N) is 1. The van der Waals surface area contributed by atoms with Crippen LogP contribution in [0.3, 0.4) is 0 Å². The van der Waals surface area contributed by atoms with Gasteiger partial charge >= 0.3 is 5.91 Å². The van der Waals surface area contributed by atoms with Crippen LogP contribution in [-0.4, -0.2) is 20.9 Å². The summed E-state index contributed by atoms with van der Waals surface area (Å²) in [5.74, 6) is -1.01. The van der Waals surface area contributed by atoms with Gasteiger partial charge in [0.1, 0.15) is 4.88 Å². The van der Waals surface area contributed by atoms with E-state index < -0.39 is 10.8 Å². The van der Waals surface area contributed by atoms with Crippen molar-refractivity contribution in [2.75, 3.05) is 0 Å². The molecule has 0 spiro atoms. The summed E-state index contributed by atoms with van der Waals surface area (Å²) in [7, 11) is 0. The van der Waals surface area contributed by atoms with E-state index in [1.165, 1.54) is 29.5 Å². The van der Waals surface area contributed by atoms with Crippen LogP contribution in [-0.2, 0) is 0 Å². The van der Waals surface area contributed by atoms with Gasteiger partial charge in [0.25, 0.3) is 5.69 Å². The number of fused-ring (bicyclic) bond motifs is 2. The first-order chi connectivity index (χ1) is 13.0. The molecule has 0 aliphatic heterocycles. The molecule has 0 bridgehead atoms. The van der Waals surface area contributed by atoms with Crippen molar-refractivity contribution in [3.05, 3.63) is 62.5 Å². The molecule has 0 aliphatic rings. The van der Waals surface area contributed by atoms with Crippen molar-refractivity contribution < 1.29 is 14.8 Å². The van der Waals surface area contributed by atoms with Crippen LogP contribution in [0, 0.1) is 10.1 Å². The monoisotopic (exact) mass is 400 g/mol. The Hall–Kier alpha value is -3.30. The number of azo groups is 1. The molecule has 134 valence electrons. The Morgan fingerprint density at radius 3 is 2.74 bits per heavy atom. The summed E-state index contributed by atoms with van der Waals surface area (Å²) in [6.45, 7) is 0. The Morgan fingerprint density at radius 2 is 2.00 bits per heavy atom. The molecule has 2 heterocycles. The van der Waals surface area contributed by atoms with Crippen LogP contribution in [0.4, 0.5) is 11.4 Å². The van der Waals surface area contributed by atoms with Gasteiger partial charge in [-0.3, -0.25) is 14.9 Å². The van der Waals surface area contributed by atoms with Gasteiger partial charge in [-0.15, -0.1) is 21.6 Å². The minimum absolute atomic E-state index is 0.0562. The van der Waals surface area contributed by atoms with Crippen LogP contribution < -0.4 is 0 Å². The largest absolute Gasteiger partial charge is 0.493 e. The lowest BCUT2D eigenvalue weighted by molar-refractivity contribution is -0.384. The van der Waals surface area contributed by atoms with Gasteiger partial charge in [-0.2, -0.15) is 0 Å². The molecule has 2 N–H and O–H groups in total. The first-order valence-corrected chi connectivity index (χ1v) is 8.77. The zero-order valence-corrected chi connectivity index (χ0v) is 14.9. The van der Waals surface area contributed by atoms with Crippen molar-refractivity contribution in [1.82, 2.24) is 4.98 Å². The number of non-ortho nitro benzene ring substituents is 1. The van der Waals surface area contributed by atoms with Gasteiger partial charge in [-0.05, 0) is 12.1 Å². The lowest BCUT2D eigenvalue weighted by Gasteiger charge is -1.94. The van der Waals surface area contributed by atoms with Gasteiger partial charge in [-0.1, -0.05) is 29.8 Å². The zero-order valence-electron chi connectivity index (χ0n) is 13.3. The topological polar surface area (TPSA) is 121 Å². The van der Waals surface area contributed by atoms with E-state index in [1.54, 1.807) is 6.07 Å². The van der Waals surface area contributed by atoms with E-state index >= 15 is 0 Å². The van der Waals surface area contributed by atoms with Crippen LogP contribution in [0.1, 0.15) is 9.67 Å². The molecule has 1 amide bonds. The molecule has 10 heteroatoms. The third-order valence-electron chi connectivity index (χ3n) is 3.92. The zero-order chi connectivity index (χ0) is 19.1. The number of aromatic nitrogens is 1. The van der Waals surface area contributed by atoms with Crippen LogP contribution >= 0.6 is 22.9 Å². The number of nitro benzene ring substituents is 1. The lowest BCUT2D eigenvalue weighted by Crippen LogP contribution is -1.89. The maximum Gasteiger partial charge on any atom is 0.307 e. The number of nitro groups is 1. The normalized spacial score (nSPS) is 11.6. The van der Waals surface area contributed by atoms with Gasteiger partial charge in [0.05, 0.1) is 15.5 Å². The minimum Gasteiger partial charge on any atom is -0.493 e. The van der Waals surface area contributed by atoms with E-state index in [1.807, 2.05) is 18.2 Å². The highest BCUT2D eigenvalue weighted by Gasteiger charge is 2.18. The molecule has 0 atom stereocenters. The highest BCUT2D eigenvalue weighted by atomic mass is 35.5. The molecule has 4 aromatic rings. The number of hydrogen-bond acceptors (Lipinski definition) is 6. The number of halogens is 1. The van der Waals surface area contributed by atoms with E-state index in [4.69, 9.17) is 11.6 Å². The summed E-state index contributed by atoms with van der Waals surface area (Å²) in [4.78, 5) is 25.7. The Labute approximate surface area is 159 Å². The molecule has 0 unspecified atom stereocenters. The Kier molecular flexibility index (Phi) is 4.09. The molecule has 27 heavy (non-hydrogen) atoms. The molecular weight excluding hydrogens is 392 g/mol. The van der Waals surface area contributed by atoms with Crippen molar-refractivity contribution in [2.45, 2.75) is 0 Å². The van der Waals surface area contributed by atoms with Gasteiger partial charge < -0.3 is 10.1 Å². The fourth-order valence-corrected chi connectivity index (χ4v) is 4.05. The number of benzene rings is 2. The number of hydrogen-bond donors (Lipinski definition) is 2. The molecule has 2 aromatic heterocycles. The van der Waals surface area contributed by atoms with E-state index in [0.29, 0.717) is 10.5 Å². The smallest absolute Gasteiger partial charge is 0.307 e. The number of amides is 1. The lowest BCUT2D eigenvalue weighted by atomic mass is 10.2. The summed E-state index contributed by atoms with van der Waals surface area (Å²) in [5, 5.41) is 29.7. The predicted octanol–water partition coefficient (Wildman–Crippen LogP) is 5.57. The van der Waals surface area contributed by atoms with Crippen LogP contribution in [0.15, 0.2) is 52.7 Å². The molecule has 0 aliphatic carbocycles. The average Bonchev–Trinajstić information content (AvgIpc) is 3.16. The molecule has 2 aromatic carbocycles. The summed E-state index contributed by atoms with van der Waals surface area (Å²) in [6, 6.07) is 11.3. The second-order valence-corrected chi connectivity index (χ2v) is 6.99. The minimum atomic E-state index is -0.666. The number of aromatic hydroxyl groups is 1. The summed E-state index contributed by atoms with van der Waals surface area (Å²) in [5.41, 5.74) is 0.204. The second-order valence-electron chi connectivity index (χ2n) is 5.56. The molecule has 0 fully saturated rings. The third kappa shape index (κ3) is 2.92. The SMILES string of the molecule is O=C(N=Nc1c(O)[nH]c2ccc([N+](=O)[O-])cc12)c1sc2ccccc2c1Cl. The van der Waals surface area contributed by atoms with Crippen molar-refractivity contribution in [3.63, 3.8) is 0 Å². The Morgan fingerprint density at radius 1 is 1.22 bits per heavy atom. The fourth-order valence-electron chi connectivity index (χ4n) is 2.66. The number of aromatic amines is 1. The average molecular weight is 401 g/mol. The maximum atomic E-state index is 12.4. The van der Waals surface area contributed by atoms with E-state index in [2.05, 4.69) is 15.2 Å². The standard InChI is InChI=1S/C17H9ClN4O4S/c18-13-9-3-1-2-4-12(9)27-15(13)17(24)21-20-14-10-7-8(22(25)26)5-6-11(10)19-16(14)23/h1-7,19,23H. The Bertz CT molecular complexity index is 1260. The number of nitrogens with zero attached hydrogens (tertiary/aromatic N) is 3. The van der Waals surface area contributed by atoms with Crippen LogP contribution in [0.5, 0.6) is 5.88 Å². The number of carbonyl (C=O) groups is 1. The van der Waals surface area contributed by atoms with Crippen LogP contribution in [0.25, 0.3) is 21.0 Å². The maximum absolute atomic E-state index is 12.4. The third-order valence-corrected chi connectivity index (χ3v) is 5.58. The number of rotatable bonds is 3. The van der Waals surface area contributed by atoms with Crippen molar-refractivity contribution in [1.29, 1.82) is 0 Å². The molecule has 8 nitrogen and oxygen atoms in total. The fraction of sp³-hybridized carbons (Fsp3) is 0. The predicted molar refractivity (Wildman–Crippen MR) is 102 cm³/mol. The van der Waals surface area contributed by atoms with Gasteiger partial charge in [0.2, 0.25) is 5.88 Å². The molecule has 4 rings (SSSR count). The van der Waals surface area contributed by atoms with Crippen molar-refractivity contribution in [3.8, 4) is 5.88 Å². The second kappa shape index (κ2) is 6.45. The summed E-state index contributed by atoms with van der Waals surface area (Å²) in [6.07, 6.45) is 0. The number of H-pyrrole nitrogens is 1. The van der Waals surface area contributed by atoms with Gasteiger partial charge in [0, 0.05) is 27.6 Å². The number of thiophene rings is 1. The van der Waals surface area contributed by atoms with Gasteiger partial charge in [0.15, 0.2) is 5.69 Å². The summed E-state index contributed by atoms with van der Waals surface area (Å²) >= 11 is 7.44. The first-order valence-electron chi connectivity index (χ1n) is 7.58. The van der Waals surface area contributed by atoms with Gasteiger partial charge in [-0.25, -0.2) is 0 Å². The first kappa shape index (κ1) is 17.1. The highest BCUT2D eigenvalue weighted by molar-refractivity contribution is 7.21. The van der Waals surface area contributed by atoms with Crippen molar-refractivity contribution in [2.24, 2.45) is 10.2 Å². The summed E-state index contributed by atoms with van der Waals surface area (Å²) < 4.78 is 0.839. The van der Waals surface area contributed by atoms with Crippen molar-refractivity contribution >= 4 is 61.2 Å². The number of carbonyl (C=O) groups excluding carboxylic acids is 1. The molecular formula is C17H9ClN4O4S. The quantitative estimate of drug-likeness (QED) is 0.265. The van der Waals surface area contributed by atoms with Crippen LogP contribution in [0.2, 0.25) is 5.02 Å². The highest BCUT2D eigenvalue weighted by Crippen LogP contribution is 2.39.